The zero-order chi connectivity index (χ0) is 12.3. The van der Waals surface area contributed by atoms with Crippen molar-refractivity contribution in [2.75, 3.05) is 13.1 Å². The maximum Gasteiger partial charge on any atom is 0.178 e. The molecule has 17 heavy (non-hydrogen) atoms. The summed E-state index contributed by atoms with van der Waals surface area (Å²) in [4.78, 5) is 11.9. The Hall–Kier alpha value is -1.39. The predicted molar refractivity (Wildman–Crippen MR) is 66.1 cm³/mol. The molecule has 0 bridgehead atoms. The molecule has 0 aliphatic carbocycles. The van der Waals surface area contributed by atoms with Gasteiger partial charge in [-0.25, -0.2) is 0 Å². The molecule has 0 aromatic heterocycles. The van der Waals surface area contributed by atoms with Crippen LogP contribution in [0.4, 0.5) is 0 Å². The van der Waals surface area contributed by atoms with Gasteiger partial charge in [0.1, 0.15) is 5.75 Å². The molecule has 1 heterocycles. The number of hydrogen-bond acceptors (Lipinski definition) is 4. The largest absolute Gasteiger partial charge is 0.470 e. The Labute approximate surface area is 101 Å². The fraction of sp³-hybridized carbons (Fsp3) is 0.462. The number of Topliss-reactive ketones (excluding diaryl/α,β-unsaturated/α-hetero) is 1. The highest BCUT2D eigenvalue weighted by molar-refractivity contribution is 6.00. The van der Waals surface area contributed by atoms with Crippen molar-refractivity contribution in [3.05, 3.63) is 29.8 Å². The van der Waals surface area contributed by atoms with E-state index in [4.69, 9.17) is 10.5 Å². The Morgan fingerprint density at radius 3 is 3.00 bits per heavy atom. The average molecular weight is 234 g/mol. The summed E-state index contributed by atoms with van der Waals surface area (Å²) in [6.45, 7) is 3.44. The van der Waals surface area contributed by atoms with Gasteiger partial charge in [0.05, 0.1) is 12.0 Å². The lowest BCUT2D eigenvalue weighted by Crippen LogP contribution is -2.56. The Balaban J connectivity index is 2.12. The molecule has 0 fully saturated rings. The molecule has 4 heteroatoms. The smallest absolute Gasteiger partial charge is 0.178 e. The van der Waals surface area contributed by atoms with Crippen LogP contribution in [0.25, 0.3) is 0 Å². The summed E-state index contributed by atoms with van der Waals surface area (Å²) in [5, 5.41) is 3.19. The van der Waals surface area contributed by atoms with E-state index < -0.39 is 5.72 Å². The van der Waals surface area contributed by atoms with Crippen molar-refractivity contribution in [2.24, 2.45) is 5.73 Å². The molecular weight excluding hydrogens is 216 g/mol. The number of nitrogens with one attached hydrogen (secondary N) is 1. The molecule has 3 N–H and O–H groups in total. The minimum atomic E-state index is -0.916. The molecule has 2 rings (SSSR count). The topological polar surface area (TPSA) is 64.3 Å². The number of rotatable bonds is 4. The second-order valence-electron chi connectivity index (χ2n) is 4.44. The van der Waals surface area contributed by atoms with Crippen LogP contribution in [-0.4, -0.2) is 24.6 Å². The summed E-state index contributed by atoms with van der Waals surface area (Å²) in [5.41, 5.74) is 5.81. The first-order valence-electron chi connectivity index (χ1n) is 5.95. The Morgan fingerprint density at radius 2 is 2.24 bits per heavy atom. The third kappa shape index (κ3) is 2.65. The molecule has 1 unspecified atom stereocenters. The Bertz CT molecular complexity index is 420. The second-order valence-corrected chi connectivity index (χ2v) is 4.44. The molecule has 0 spiro atoms. The van der Waals surface area contributed by atoms with Gasteiger partial charge in [-0.3, -0.25) is 10.5 Å². The average Bonchev–Trinajstić information content (AvgIpc) is 2.29. The number of carbonyl (C=O) groups is 1. The van der Waals surface area contributed by atoms with E-state index in [0.29, 0.717) is 17.9 Å². The molecule has 4 nitrogen and oxygen atoms in total. The summed E-state index contributed by atoms with van der Waals surface area (Å²) >= 11 is 0. The van der Waals surface area contributed by atoms with Crippen molar-refractivity contribution in [1.82, 2.24) is 5.32 Å². The van der Waals surface area contributed by atoms with E-state index in [0.717, 1.165) is 13.0 Å². The van der Waals surface area contributed by atoms with Crippen LogP contribution in [0.15, 0.2) is 24.3 Å². The van der Waals surface area contributed by atoms with Crippen LogP contribution in [0.1, 0.15) is 30.1 Å². The molecule has 0 saturated heterocycles. The lowest BCUT2D eigenvalue weighted by atomic mass is 9.97. The van der Waals surface area contributed by atoms with E-state index in [9.17, 15) is 4.79 Å². The van der Waals surface area contributed by atoms with E-state index in [-0.39, 0.29) is 12.2 Å². The highest BCUT2D eigenvalue weighted by atomic mass is 16.5. The summed E-state index contributed by atoms with van der Waals surface area (Å²) in [5.74, 6) is 0.636. The molecule has 1 atom stereocenters. The first-order valence-corrected chi connectivity index (χ1v) is 5.95. The van der Waals surface area contributed by atoms with Crippen LogP contribution < -0.4 is 15.8 Å². The summed E-state index contributed by atoms with van der Waals surface area (Å²) in [7, 11) is 0. The van der Waals surface area contributed by atoms with Gasteiger partial charge >= 0.3 is 0 Å². The minimum Gasteiger partial charge on any atom is -0.470 e. The van der Waals surface area contributed by atoms with Crippen LogP contribution >= 0.6 is 0 Å². The number of carbonyl (C=O) groups excluding carboxylic acids is 1. The van der Waals surface area contributed by atoms with Gasteiger partial charge < -0.3 is 10.1 Å². The molecule has 0 amide bonds. The Kier molecular flexibility index (Phi) is 3.45. The van der Waals surface area contributed by atoms with Crippen LogP contribution in [-0.2, 0) is 0 Å². The normalized spacial score (nSPS) is 23.1. The number of para-hydroxylation sites is 1. The van der Waals surface area contributed by atoms with Gasteiger partial charge in [0.2, 0.25) is 0 Å². The first kappa shape index (κ1) is 12.1. The molecular formula is C13H18N2O2. The van der Waals surface area contributed by atoms with Crippen molar-refractivity contribution < 1.29 is 9.53 Å². The molecule has 1 aromatic carbocycles. The fourth-order valence-electron chi connectivity index (χ4n) is 1.98. The molecule has 0 radical (unpaired) electrons. The van der Waals surface area contributed by atoms with E-state index in [1.165, 1.54) is 0 Å². The summed E-state index contributed by atoms with van der Waals surface area (Å²) in [6.07, 6.45) is 1.25. The fourth-order valence-corrected chi connectivity index (χ4v) is 1.98. The SMILES string of the molecule is CCCNCC1(N)CC(=O)c2ccccc2O1. The van der Waals surface area contributed by atoms with E-state index in [2.05, 4.69) is 12.2 Å². The molecule has 1 aliphatic heterocycles. The first-order chi connectivity index (χ1) is 8.14. The van der Waals surface area contributed by atoms with Crippen LogP contribution in [0, 0.1) is 0 Å². The number of benzene rings is 1. The maximum atomic E-state index is 11.9. The third-order valence-corrected chi connectivity index (χ3v) is 2.81. The van der Waals surface area contributed by atoms with E-state index in [1.54, 1.807) is 12.1 Å². The quantitative estimate of drug-likeness (QED) is 0.771. The van der Waals surface area contributed by atoms with Gasteiger partial charge in [0.15, 0.2) is 11.5 Å². The monoisotopic (exact) mass is 234 g/mol. The standard InChI is InChI=1S/C13H18N2O2/c1-2-7-15-9-13(14)8-11(16)10-5-3-4-6-12(10)17-13/h3-6,15H,2,7-9,14H2,1H3. The lowest BCUT2D eigenvalue weighted by Gasteiger charge is -2.34. The molecule has 1 aromatic rings. The third-order valence-electron chi connectivity index (χ3n) is 2.81. The van der Waals surface area contributed by atoms with E-state index in [1.807, 2.05) is 12.1 Å². The van der Waals surface area contributed by atoms with Crippen molar-refractivity contribution in [3.8, 4) is 5.75 Å². The van der Waals surface area contributed by atoms with Gasteiger partial charge in [-0.15, -0.1) is 0 Å². The maximum absolute atomic E-state index is 11.9. The molecule has 1 aliphatic rings. The van der Waals surface area contributed by atoms with Crippen molar-refractivity contribution in [3.63, 3.8) is 0 Å². The highest BCUT2D eigenvalue weighted by Crippen LogP contribution is 2.30. The number of nitrogens with two attached hydrogens (primary N) is 1. The van der Waals surface area contributed by atoms with Crippen molar-refractivity contribution in [1.29, 1.82) is 0 Å². The van der Waals surface area contributed by atoms with E-state index >= 15 is 0 Å². The summed E-state index contributed by atoms with van der Waals surface area (Å²) < 4.78 is 5.73. The van der Waals surface area contributed by atoms with Crippen LogP contribution in [0.5, 0.6) is 5.75 Å². The van der Waals surface area contributed by atoms with Gasteiger partial charge in [0.25, 0.3) is 0 Å². The molecule has 92 valence electrons. The zero-order valence-electron chi connectivity index (χ0n) is 10.0. The van der Waals surface area contributed by atoms with Gasteiger partial charge in [0, 0.05) is 6.54 Å². The van der Waals surface area contributed by atoms with Crippen LogP contribution in [0.3, 0.4) is 0 Å². The zero-order valence-corrected chi connectivity index (χ0v) is 10.0. The van der Waals surface area contributed by atoms with Gasteiger partial charge in [-0.05, 0) is 25.1 Å². The van der Waals surface area contributed by atoms with Crippen molar-refractivity contribution in [2.45, 2.75) is 25.5 Å². The number of ether oxygens (including phenoxy) is 1. The number of fused-ring (bicyclic) bond motifs is 1. The van der Waals surface area contributed by atoms with Crippen molar-refractivity contribution >= 4 is 5.78 Å². The number of hydrogen-bond donors (Lipinski definition) is 2. The Morgan fingerprint density at radius 1 is 1.47 bits per heavy atom. The predicted octanol–water partition coefficient (Wildman–Crippen LogP) is 1.31. The summed E-state index contributed by atoms with van der Waals surface area (Å²) in [6, 6.07) is 7.24. The van der Waals surface area contributed by atoms with Gasteiger partial charge in [-0.2, -0.15) is 0 Å². The highest BCUT2D eigenvalue weighted by Gasteiger charge is 2.36. The molecule has 0 saturated carbocycles. The lowest BCUT2D eigenvalue weighted by molar-refractivity contribution is 0.0447. The number of ketones is 1. The second kappa shape index (κ2) is 4.85. The van der Waals surface area contributed by atoms with Gasteiger partial charge in [-0.1, -0.05) is 19.1 Å². The minimum absolute atomic E-state index is 0.0487. The van der Waals surface area contributed by atoms with Crippen LogP contribution in [0.2, 0.25) is 0 Å².